The molecule has 1 fully saturated rings. The van der Waals surface area contributed by atoms with E-state index in [1.54, 1.807) is 0 Å². The summed E-state index contributed by atoms with van der Waals surface area (Å²) in [6.45, 7) is 6.55. The molecule has 0 unspecified atom stereocenters. The van der Waals surface area contributed by atoms with Crippen LogP contribution in [0.1, 0.15) is 11.1 Å². The van der Waals surface area contributed by atoms with Crippen LogP contribution in [-0.4, -0.2) is 49.1 Å². The molecular formula is C19H24BrN5O. The van der Waals surface area contributed by atoms with Gasteiger partial charge in [-0.25, -0.2) is 9.78 Å². The minimum Gasteiger partial charge on any atom is -0.354 e. The van der Waals surface area contributed by atoms with Gasteiger partial charge < -0.3 is 20.4 Å². The molecule has 0 aliphatic carbocycles. The second kappa shape index (κ2) is 8.51. The van der Waals surface area contributed by atoms with Gasteiger partial charge in [0.1, 0.15) is 5.82 Å². The Bertz CT molecular complexity index is 757. The van der Waals surface area contributed by atoms with Crippen molar-refractivity contribution in [2.45, 2.75) is 13.5 Å². The van der Waals surface area contributed by atoms with Gasteiger partial charge in [0.25, 0.3) is 0 Å². The average Bonchev–Trinajstić information content (AvgIpc) is 2.64. The number of anilines is 2. The van der Waals surface area contributed by atoms with E-state index in [-0.39, 0.29) is 6.03 Å². The van der Waals surface area contributed by atoms with E-state index in [0.717, 1.165) is 53.3 Å². The molecule has 2 N–H and O–H groups in total. The van der Waals surface area contributed by atoms with E-state index in [0.29, 0.717) is 6.54 Å². The summed E-state index contributed by atoms with van der Waals surface area (Å²) in [6, 6.07) is 9.54. The number of likely N-dealkylation sites (N-methyl/N-ethyl adjacent to an activating group) is 1. The molecule has 6 nitrogen and oxygen atoms in total. The lowest BCUT2D eigenvalue weighted by Crippen LogP contribution is -2.44. The van der Waals surface area contributed by atoms with Crippen molar-refractivity contribution in [1.82, 2.24) is 15.2 Å². The first-order chi connectivity index (χ1) is 12.5. The number of pyridine rings is 1. The Hall–Kier alpha value is -2.12. The Kier molecular flexibility index (Phi) is 6.11. The number of urea groups is 1. The van der Waals surface area contributed by atoms with E-state index in [4.69, 9.17) is 0 Å². The van der Waals surface area contributed by atoms with Crippen molar-refractivity contribution in [3.8, 4) is 0 Å². The fourth-order valence-electron chi connectivity index (χ4n) is 2.77. The summed E-state index contributed by atoms with van der Waals surface area (Å²) in [4.78, 5) is 21.2. The molecule has 0 atom stereocenters. The molecule has 138 valence electrons. The highest BCUT2D eigenvalue weighted by molar-refractivity contribution is 9.10. The molecule has 1 aromatic carbocycles. The number of carbonyl (C=O) groups excluding carboxylic acids is 1. The fraction of sp³-hybridized carbons (Fsp3) is 0.368. The van der Waals surface area contributed by atoms with Crippen molar-refractivity contribution < 1.29 is 4.79 Å². The Balaban J connectivity index is 1.49. The predicted molar refractivity (Wildman–Crippen MR) is 109 cm³/mol. The normalized spacial score (nSPS) is 15.0. The summed E-state index contributed by atoms with van der Waals surface area (Å²) in [7, 11) is 2.14. The maximum atomic E-state index is 12.1. The van der Waals surface area contributed by atoms with Crippen LogP contribution in [0.2, 0.25) is 0 Å². The largest absolute Gasteiger partial charge is 0.354 e. The van der Waals surface area contributed by atoms with Crippen molar-refractivity contribution in [3.05, 3.63) is 52.1 Å². The van der Waals surface area contributed by atoms with Crippen LogP contribution >= 0.6 is 15.9 Å². The smallest absolute Gasteiger partial charge is 0.319 e. The van der Waals surface area contributed by atoms with Gasteiger partial charge in [0.2, 0.25) is 0 Å². The molecule has 26 heavy (non-hydrogen) atoms. The van der Waals surface area contributed by atoms with Crippen molar-refractivity contribution in [2.24, 2.45) is 0 Å². The molecule has 0 bridgehead atoms. The first-order valence-electron chi connectivity index (χ1n) is 8.71. The topological polar surface area (TPSA) is 60.5 Å². The zero-order valence-corrected chi connectivity index (χ0v) is 16.7. The lowest BCUT2D eigenvalue weighted by atomic mass is 10.2. The molecule has 2 amide bonds. The summed E-state index contributed by atoms with van der Waals surface area (Å²) in [5, 5.41) is 5.69. The van der Waals surface area contributed by atoms with Crippen molar-refractivity contribution in [1.29, 1.82) is 0 Å². The number of piperazine rings is 1. The molecule has 0 radical (unpaired) electrons. The van der Waals surface area contributed by atoms with E-state index in [1.807, 2.05) is 43.5 Å². The summed E-state index contributed by atoms with van der Waals surface area (Å²) in [5.74, 6) is 0.996. The number of aromatic nitrogens is 1. The predicted octanol–water partition coefficient (Wildman–Crippen LogP) is 3.23. The summed E-state index contributed by atoms with van der Waals surface area (Å²) < 4.78 is 0.971. The van der Waals surface area contributed by atoms with E-state index in [1.165, 1.54) is 0 Å². The number of rotatable bonds is 4. The van der Waals surface area contributed by atoms with E-state index in [2.05, 4.69) is 48.4 Å². The Morgan fingerprint density at radius 1 is 1.19 bits per heavy atom. The minimum absolute atomic E-state index is 0.233. The van der Waals surface area contributed by atoms with E-state index in [9.17, 15) is 4.79 Å². The van der Waals surface area contributed by atoms with Crippen molar-refractivity contribution in [2.75, 3.05) is 43.4 Å². The standard InChI is InChI=1S/C19H24BrN5O/c1-14-3-5-16(11-17(14)20)23-19(26)22-13-15-4-6-18(21-12-15)25-9-7-24(2)8-10-25/h3-6,11-12H,7-10,13H2,1-2H3,(H2,22,23,26). The zero-order chi connectivity index (χ0) is 18.5. The number of halogens is 1. The van der Waals surface area contributed by atoms with Gasteiger partial charge >= 0.3 is 6.03 Å². The number of nitrogens with zero attached hydrogens (tertiary/aromatic N) is 3. The molecule has 0 spiro atoms. The Labute approximate surface area is 162 Å². The first kappa shape index (κ1) is 18.7. The molecule has 1 aromatic heterocycles. The quantitative estimate of drug-likeness (QED) is 0.801. The van der Waals surface area contributed by atoms with Gasteiger partial charge in [-0.1, -0.05) is 28.1 Å². The summed E-state index contributed by atoms with van der Waals surface area (Å²) in [5.41, 5.74) is 2.86. The van der Waals surface area contributed by atoms with Crippen LogP contribution in [0.4, 0.5) is 16.3 Å². The number of benzene rings is 1. The van der Waals surface area contributed by atoms with Crippen molar-refractivity contribution in [3.63, 3.8) is 0 Å². The third-order valence-electron chi connectivity index (χ3n) is 4.52. The molecule has 3 rings (SSSR count). The number of hydrogen-bond donors (Lipinski definition) is 2. The van der Waals surface area contributed by atoms with Crippen molar-refractivity contribution >= 4 is 33.5 Å². The zero-order valence-electron chi connectivity index (χ0n) is 15.1. The van der Waals surface area contributed by atoms with Gasteiger partial charge in [-0.2, -0.15) is 0 Å². The molecule has 1 aliphatic rings. The highest BCUT2D eigenvalue weighted by atomic mass is 79.9. The monoisotopic (exact) mass is 417 g/mol. The van der Waals surface area contributed by atoms with Crippen LogP contribution in [0.15, 0.2) is 41.0 Å². The number of amides is 2. The van der Waals surface area contributed by atoms with Gasteiger partial charge in [0, 0.05) is 49.1 Å². The van der Waals surface area contributed by atoms with Gasteiger partial charge in [0.15, 0.2) is 0 Å². The highest BCUT2D eigenvalue weighted by Crippen LogP contribution is 2.20. The maximum absolute atomic E-state index is 12.1. The summed E-state index contributed by atoms with van der Waals surface area (Å²) >= 11 is 3.47. The minimum atomic E-state index is -0.233. The molecular weight excluding hydrogens is 394 g/mol. The van der Waals surface area contributed by atoms with Gasteiger partial charge in [0.05, 0.1) is 0 Å². The van der Waals surface area contributed by atoms with E-state index < -0.39 is 0 Å². The van der Waals surface area contributed by atoms with E-state index >= 15 is 0 Å². The number of nitrogens with one attached hydrogen (secondary N) is 2. The molecule has 1 aliphatic heterocycles. The Morgan fingerprint density at radius 2 is 1.96 bits per heavy atom. The lowest BCUT2D eigenvalue weighted by molar-refractivity contribution is 0.251. The third kappa shape index (κ3) is 4.95. The number of carbonyl (C=O) groups is 1. The van der Waals surface area contributed by atoms with Gasteiger partial charge in [-0.15, -0.1) is 0 Å². The second-order valence-electron chi connectivity index (χ2n) is 6.59. The second-order valence-corrected chi connectivity index (χ2v) is 7.44. The van der Waals surface area contributed by atoms with Crippen LogP contribution in [0.5, 0.6) is 0 Å². The summed E-state index contributed by atoms with van der Waals surface area (Å²) in [6.07, 6.45) is 1.83. The fourth-order valence-corrected chi connectivity index (χ4v) is 3.15. The number of aryl methyl sites for hydroxylation is 1. The first-order valence-corrected chi connectivity index (χ1v) is 9.50. The lowest BCUT2D eigenvalue weighted by Gasteiger charge is -2.33. The molecule has 7 heteroatoms. The Morgan fingerprint density at radius 3 is 2.62 bits per heavy atom. The molecule has 2 aromatic rings. The van der Waals surface area contributed by atoms with Crippen LogP contribution in [0, 0.1) is 6.92 Å². The van der Waals surface area contributed by atoms with Crippen LogP contribution in [0.3, 0.4) is 0 Å². The van der Waals surface area contributed by atoms with Crippen LogP contribution in [-0.2, 0) is 6.54 Å². The van der Waals surface area contributed by atoms with Crippen LogP contribution in [0.25, 0.3) is 0 Å². The number of hydrogen-bond acceptors (Lipinski definition) is 4. The SMILES string of the molecule is Cc1ccc(NC(=O)NCc2ccc(N3CCN(C)CC3)nc2)cc1Br. The molecule has 2 heterocycles. The van der Waals surface area contributed by atoms with Crippen LogP contribution < -0.4 is 15.5 Å². The third-order valence-corrected chi connectivity index (χ3v) is 5.37. The molecule has 1 saturated heterocycles. The maximum Gasteiger partial charge on any atom is 0.319 e. The highest BCUT2D eigenvalue weighted by Gasteiger charge is 2.15. The van der Waals surface area contributed by atoms with Gasteiger partial charge in [-0.3, -0.25) is 0 Å². The van der Waals surface area contributed by atoms with Gasteiger partial charge in [-0.05, 0) is 43.3 Å². The average molecular weight is 418 g/mol. The molecule has 0 saturated carbocycles.